The molecule has 0 bridgehead atoms. The minimum atomic E-state index is -0.254. The smallest absolute Gasteiger partial charge is 0.237 e. The van der Waals surface area contributed by atoms with Gasteiger partial charge in [0.05, 0.1) is 5.25 Å². The van der Waals surface area contributed by atoms with Crippen LogP contribution in [0.3, 0.4) is 0 Å². The van der Waals surface area contributed by atoms with E-state index in [9.17, 15) is 4.79 Å². The van der Waals surface area contributed by atoms with Gasteiger partial charge in [-0.1, -0.05) is 43.2 Å². The minimum absolute atomic E-state index is 0.000293. The van der Waals surface area contributed by atoms with Gasteiger partial charge in [-0.05, 0) is 62.3 Å². The quantitative estimate of drug-likeness (QED) is 0.508. The maximum absolute atomic E-state index is 12.8. The van der Waals surface area contributed by atoms with Crippen molar-refractivity contribution in [3.05, 3.63) is 47.8 Å². The Morgan fingerprint density at radius 3 is 2.83 bits per heavy atom. The molecule has 0 spiro atoms. The Hall–Kier alpha value is -2.08. The van der Waals surface area contributed by atoms with Crippen LogP contribution in [0.5, 0.6) is 0 Å². The molecule has 6 heteroatoms. The number of amides is 1. The molecule has 29 heavy (non-hydrogen) atoms. The molecule has 2 aliphatic carbocycles. The molecule has 1 fully saturated rings. The van der Waals surface area contributed by atoms with Gasteiger partial charge in [-0.2, -0.15) is 0 Å². The Balaban J connectivity index is 1.44. The predicted octanol–water partition coefficient (Wildman–Crippen LogP) is 5.12. The summed E-state index contributed by atoms with van der Waals surface area (Å²) in [6.07, 6.45) is 11.5. The van der Waals surface area contributed by atoms with E-state index >= 15 is 0 Å². The number of thioether (sulfide) groups is 1. The fourth-order valence-electron chi connectivity index (χ4n) is 4.46. The number of carbonyl (C=O) groups excluding carboxylic acids is 1. The van der Waals surface area contributed by atoms with Gasteiger partial charge in [0.2, 0.25) is 5.91 Å². The molecule has 0 aliphatic heterocycles. The van der Waals surface area contributed by atoms with Gasteiger partial charge in [0.1, 0.15) is 5.82 Å². The fraction of sp³-hybridized carbons (Fsp3) is 0.522. The largest absolute Gasteiger partial charge is 0.325 e. The molecule has 5 nitrogen and oxygen atoms in total. The third-order valence-corrected chi connectivity index (χ3v) is 7.13. The average Bonchev–Trinajstić information content (AvgIpc) is 3.36. The lowest BCUT2D eigenvalue weighted by Crippen LogP contribution is -2.23. The lowest BCUT2D eigenvalue weighted by atomic mass is 9.89. The number of allylic oxidation sites excluding steroid dienone is 1. The number of anilines is 1. The van der Waals surface area contributed by atoms with Crippen molar-refractivity contribution < 1.29 is 4.79 Å². The van der Waals surface area contributed by atoms with Gasteiger partial charge >= 0.3 is 0 Å². The van der Waals surface area contributed by atoms with Crippen molar-refractivity contribution in [3.8, 4) is 0 Å². The maximum atomic E-state index is 12.8. The fourth-order valence-corrected chi connectivity index (χ4v) is 5.32. The number of nitrogens with one attached hydrogen (secondary N) is 1. The zero-order valence-electron chi connectivity index (χ0n) is 17.2. The summed E-state index contributed by atoms with van der Waals surface area (Å²) in [7, 11) is 0. The molecule has 1 heterocycles. The molecule has 0 saturated heterocycles. The number of nitrogens with zero attached hydrogens (tertiary/aromatic N) is 3. The number of fused-ring (bicyclic) bond motifs is 1. The number of benzene rings is 1. The van der Waals surface area contributed by atoms with E-state index in [0.717, 1.165) is 29.5 Å². The van der Waals surface area contributed by atoms with Gasteiger partial charge in [0, 0.05) is 18.2 Å². The second-order valence-corrected chi connectivity index (χ2v) is 9.47. The number of aryl methyl sites for hydroxylation is 2. The van der Waals surface area contributed by atoms with Gasteiger partial charge in [-0.25, -0.2) is 0 Å². The molecule has 1 atom stereocenters. The summed E-state index contributed by atoms with van der Waals surface area (Å²) in [4.78, 5) is 12.8. The highest BCUT2D eigenvalue weighted by Gasteiger charge is 2.25. The van der Waals surface area contributed by atoms with Crippen LogP contribution < -0.4 is 5.32 Å². The molecule has 1 amide bonds. The van der Waals surface area contributed by atoms with E-state index in [1.165, 1.54) is 61.4 Å². The van der Waals surface area contributed by atoms with Gasteiger partial charge in [0.25, 0.3) is 0 Å². The van der Waals surface area contributed by atoms with Crippen molar-refractivity contribution in [1.29, 1.82) is 0 Å². The van der Waals surface area contributed by atoms with E-state index in [2.05, 4.69) is 38.8 Å². The third kappa shape index (κ3) is 4.58. The van der Waals surface area contributed by atoms with Gasteiger partial charge < -0.3 is 9.88 Å². The zero-order valence-corrected chi connectivity index (χ0v) is 18.0. The second-order valence-electron chi connectivity index (χ2n) is 8.16. The number of carbonyl (C=O) groups is 1. The molecule has 1 aromatic carbocycles. The van der Waals surface area contributed by atoms with Crippen LogP contribution in [0.25, 0.3) is 0 Å². The number of hydrogen-bond donors (Lipinski definition) is 1. The summed E-state index contributed by atoms with van der Waals surface area (Å²) in [6, 6.07) is 6.28. The highest BCUT2D eigenvalue weighted by atomic mass is 32.2. The van der Waals surface area contributed by atoms with Crippen LogP contribution in [0, 0.1) is 0 Å². The van der Waals surface area contributed by atoms with Crippen LogP contribution in [0.2, 0.25) is 0 Å². The predicted molar refractivity (Wildman–Crippen MR) is 118 cm³/mol. The Kier molecular flexibility index (Phi) is 6.38. The molecule has 0 unspecified atom stereocenters. The zero-order chi connectivity index (χ0) is 20.2. The molecule has 4 rings (SSSR count). The minimum Gasteiger partial charge on any atom is -0.325 e. The first-order valence-corrected chi connectivity index (χ1v) is 11.7. The summed E-state index contributed by atoms with van der Waals surface area (Å²) < 4.78 is 2.15. The molecular formula is C23H30N4OS. The molecule has 154 valence electrons. The van der Waals surface area contributed by atoms with Crippen LogP contribution in [-0.4, -0.2) is 25.9 Å². The van der Waals surface area contributed by atoms with Crippen molar-refractivity contribution in [3.63, 3.8) is 0 Å². The standard InChI is InChI=1S/C23H30N4OS/c1-3-14-27-21(18-8-5-4-6-9-18)25-26-23(27)29-16(2)22(28)24-20-13-12-17-10-7-11-19(17)15-20/h3,12-13,15-16,18H,1,4-11,14H2,2H3,(H,24,28)/t16-/m1/s1. The summed E-state index contributed by atoms with van der Waals surface area (Å²) in [6.45, 7) is 6.51. The van der Waals surface area contributed by atoms with Crippen LogP contribution in [0.1, 0.15) is 68.3 Å². The molecule has 1 N–H and O–H groups in total. The molecule has 2 aliphatic rings. The summed E-state index contributed by atoms with van der Waals surface area (Å²) in [5, 5.41) is 12.6. The van der Waals surface area contributed by atoms with Crippen LogP contribution >= 0.6 is 11.8 Å². The number of hydrogen-bond acceptors (Lipinski definition) is 4. The highest BCUT2D eigenvalue weighted by molar-refractivity contribution is 8.00. The molecule has 0 radical (unpaired) electrons. The molecule has 1 saturated carbocycles. The van der Waals surface area contributed by atoms with Crippen LogP contribution in [-0.2, 0) is 24.2 Å². The van der Waals surface area contributed by atoms with Crippen molar-refractivity contribution >= 4 is 23.4 Å². The Morgan fingerprint density at radius 2 is 2.03 bits per heavy atom. The first kappa shape index (κ1) is 20.2. The first-order valence-electron chi connectivity index (χ1n) is 10.8. The first-order chi connectivity index (χ1) is 14.2. The normalized spacial score (nSPS) is 17.7. The molecular weight excluding hydrogens is 380 g/mol. The van der Waals surface area contributed by atoms with Gasteiger partial charge in [0.15, 0.2) is 5.16 Å². The lowest BCUT2D eigenvalue weighted by molar-refractivity contribution is -0.115. The van der Waals surface area contributed by atoms with Crippen molar-refractivity contribution in [2.75, 3.05) is 5.32 Å². The van der Waals surface area contributed by atoms with Crippen molar-refractivity contribution in [1.82, 2.24) is 14.8 Å². The van der Waals surface area contributed by atoms with E-state index < -0.39 is 0 Å². The lowest BCUT2D eigenvalue weighted by Gasteiger charge is -2.21. The monoisotopic (exact) mass is 410 g/mol. The van der Waals surface area contributed by atoms with E-state index in [0.29, 0.717) is 12.5 Å². The van der Waals surface area contributed by atoms with Crippen molar-refractivity contribution in [2.45, 2.75) is 81.2 Å². The van der Waals surface area contributed by atoms with Crippen molar-refractivity contribution in [2.24, 2.45) is 0 Å². The maximum Gasteiger partial charge on any atom is 0.237 e. The Morgan fingerprint density at radius 1 is 1.24 bits per heavy atom. The SMILES string of the molecule is C=CCn1c(S[C@H](C)C(=O)Nc2ccc3c(c2)CCC3)nnc1C1CCCCC1. The Labute approximate surface area is 177 Å². The average molecular weight is 411 g/mol. The van der Waals surface area contributed by atoms with E-state index in [1.54, 1.807) is 0 Å². The highest BCUT2D eigenvalue weighted by Crippen LogP contribution is 2.34. The number of rotatable bonds is 7. The number of aromatic nitrogens is 3. The van der Waals surface area contributed by atoms with E-state index in [-0.39, 0.29) is 11.2 Å². The second kappa shape index (κ2) is 9.16. The summed E-state index contributed by atoms with van der Waals surface area (Å²) in [5.74, 6) is 1.53. The van der Waals surface area contributed by atoms with Gasteiger partial charge in [-0.15, -0.1) is 16.8 Å². The van der Waals surface area contributed by atoms with Gasteiger partial charge in [-0.3, -0.25) is 4.79 Å². The topological polar surface area (TPSA) is 59.8 Å². The Bertz CT molecular complexity index is 885. The van der Waals surface area contributed by atoms with E-state index in [1.807, 2.05) is 19.1 Å². The molecule has 2 aromatic rings. The summed E-state index contributed by atoms with van der Waals surface area (Å²) >= 11 is 1.48. The van der Waals surface area contributed by atoms with Crippen LogP contribution in [0.4, 0.5) is 5.69 Å². The summed E-state index contributed by atoms with van der Waals surface area (Å²) in [5.41, 5.74) is 3.67. The van der Waals surface area contributed by atoms with Crippen LogP contribution in [0.15, 0.2) is 36.0 Å². The van der Waals surface area contributed by atoms with E-state index in [4.69, 9.17) is 0 Å². The third-order valence-electron chi connectivity index (χ3n) is 6.04. The molecule has 1 aromatic heterocycles.